The van der Waals surface area contributed by atoms with E-state index in [2.05, 4.69) is 112 Å². The molecule has 0 bridgehead atoms. The zero-order valence-corrected chi connectivity index (χ0v) is 60.9. The summed E-state index contributed by atoms with van der Waals surface area (Å²) in [4.78, 5) is 81.4. The molecule has 0 radical (unpaired) electrons. The highest BCUT2D eigenvalue weighted by Gasteiger charge is 2.33. The van der Waals surface area contributed by atoms with Gasteiger partial charge in [-0.05, 0) is 132 Å². The van der Waals surface area contributed by atoms with Gasteiger partial charge in [0.2, 0.25) is 9.23 Å². The van der Waals surface area contributed by atoms with Crippen molar-refractivity contribution in [2.45, 2.75) is 183 Å². The lowest BCUT2D eigenvalue weighted by Crippen LogP contribution is -2.41. The number of hydrogen-bond acceptors (Lipinski definition) is 17. The lowest BCUT2D eigenvalue weighted by atomic mass is 10.1. The summed E-state index contributed by atoms with van der Waals surface area (Å²) in [5.74, 6) is 1.55. The molecule has 3 aromatic carbocycles. The summed E-state index contributed by atoms with van der Waals surface area (Å²) >= 11 is 19.3. The van der Waals surface area contributed by atoms with E-state index < -0.39 is 21.2 Å². The van der Waals surface area contributed by atoms with Crippen LogP contribution in [0.15, 0.2) is 92.3 Å². The van der Waals surface area contributed by atoms with Crippen molar-refractivity contribution in [1.82, 2.24) is 42.4 Å². The Morgan fingerprint density at radius 3 is 1.06 bits per heavy atom. The first-order valence-corrected chi connectivity index (χ1v) is 35.1. The molecule has 0 spiro atoms. The van der Waals surface area contributed by atoms with Crippen LogP contribution >= 0.6 is 68.6 Å². The van der Waals surface area contributed by atoms with Gasteiger partial charge in [-0.1, -0.05) is 119 Å². The number of aliphatic carboxylic acids is 1. The van der Waals surface area contributed by atoms with Crippen LogP contribution in [0, 0.1) is 32.1 Å². The number of nitrogens with zero attached hydrogens (tertiary/aromatic N) is 14. The third-order valence-corrected chi connectivity index (χ3v) is 18.0. The molecular formula is C70H98Cl6N16O10S. The number of aromatic carboxylic acids is 1. The van der Waals surface area contributed by atoms with E-state index in [0.717, 1.165) is 116 Å². The zero-order valence-electron chi connectivity index (χ0n) is 55.5. The van der Waals surface area contributed by atoms with Crippen LogP contribution in [0.25, 0.3) is 50.6 Å². The van der Waals surface area contributed by atoms with Gasteiger partial charge in [0.25, 0.3) is 5.97 Å². The molecule has 9 heterocycles. The number of carboxylic acid groups (broad SMARTS) is 2. The lowest BCUT2D eigenvalue weighted by molar-refractivity contribution is -0.134. The van der Waals surface area contributed by atoms with E-state index in [-0.39, 0.29) is 83.0 Å². The normalized spacial score (nSPS) is 12.2. The Morgan fingerprint density at radius 2 is 0.806 bits per heavy atom. The molecule has 8 N–H and O–H groups in total. The molecule has 566 valence electrons. The molecule has 0 atom stereocenters. The number of imidazole rings is 3. The minimum absolute atomic E-state index is 0. The highest BCUT2D eigenvalue weighted by atomic mass is 36.0. The predicted molar refractivity (Wildman–Crippen MR) is 425 cm³/mol. The highest BCUT2D eigenvalue weighted by Crippen LogP contribution is 2.38. The smallest absolute Gasteiger partial charge is 0.335 e. The van der Waals surface area contributed by atoms with Crippen molar-refractivity contribution in [2.24, 2.45) is 16.8 Å². The van der Waals surface area contributed by atoms with Gasteiger partial charge in [0.15, 0.2) is 22.8 Å². The van der Waals surface area contributed by atoms with E-state index in [1.165, 1.54) is 16.7 Å². The van der Waals surface area contributed by atoms with Crippen molar-refractivity contribution in [3.63, 3.8) is 0 Å². The number of anilines is 3. The van der Waals surface area contributed by atoms with Gasteiger partial charge in [-0.3, -0.25) is 18.5 Å². The Morgan fingerprint density at radius 1 is 0.534 bits per heavy atom. The molecule has 33 heteroatoms. The average Bonchev–Trinajstić information content (AvgIpc) is 1.60. The quantitative estimate of drug-likeness (QED) is 0.0194. The topological polar surface area (TPSA) is 350 Å². The number of oxime groups is 1. The summed E-state index contributed by atoms with van der Waals surface area (Å²) in [6.45, 7) is 24.1. The van der Waals surface area contributed by atoms with E-state index in [0.29, 0.717) is 92.9 Å². The molecule has 0 saturated heterocycles. The fourth-order valence-corrected chi connectivity index (χ4v) is 13.6. The van der Waals surface area contributed by atoms with Crippen molar-refractivity contribution < 1.29 is 34.4 Å². The van der Waals surface area contributed by atoms with E-state index in [1.54, 1.807) is 65.3 Å². The monoisotopic (exact) mass is 1560 g/mol. The maximum atomic E-state index is 13.4. The number of rotatable bonds is 14. The van der Waals surface area contributed by atoms with Gasteiger partial charge in [0, 0.05) is 108 Å². The summed E-state index contributed by atoms with van der Waals surface area (Å²) in [6.07, 6.45) is 6.20. The second kappa shape index (κ2) is 40.8. The first-order chi connectivity index (χ1) is 46.2. The number of nitrogens with two attached hydrogens (primary N) is 2. The number of pyridine rings is 3. The molecule has 0 unspecified atom stereocenters. The number of amidine groups is 1. The van der Waals surface area contributed by atoms with E-state index in [9.17, 15) is 24.3 Å². The van der Waals surface area contributed by atoms with Crippen LogP contribution < -0.4 is 43.4 Å². The number of carbonyl (C=O) groups is 2. The molecule has 0 amide bonds. The molecular weight excluding hydrogens is 1470 g/mol. The molecule has 3 aliphatic heterocycles. The molecule has 3 aliphatic rings. The summed E-state index contributed by atoms with van der Waals surface area (Å²) in [5.41, 5.74) is 17.5. The SMILES string of the molecule is C.C.C.C.C.CC(=O)O.CCC(CC)N1CCn2c(=O)n(-c3ccc(C#N)cc3Cl)c3nc(C)cc1c32.CCC(CC)N1CCn2c(=O)n(-c3ccc(C(=O)O)cc3Cl)c3nc(C)cc1c32.CCC(CC)N1CCn2c(=O)n(-c3ccc(C(N)=NO)cc3Cl)c3nc(C)cc1c32.Cl.NO.O=S(Cl)Cl. The Hall–Kier alpha value is -8.17. The minimum atomic E-state index is -1.67. The van der Waals surface area contributed by atoms with Gasteiger partial charge in [0.05, 0.1) is 66.4 Å². The Bertz CT molecular complexity index is 4690. The first-order valence-electron chi connectivity index (χ1n) is 31.1. The van der Waals surface area contributed by atoms with Gasteiger partial charge >= 0.3 is 23.0 Å². The summed E-state index contributed by atoms with van der Waals surface area (Å²) in [6, 6.07) is 23.8. The van der Waals surface area contributed by atoms with Crippen LogP contribution in [0.3, 0.4) is 0 Å². The second-order valence-corrected chi connectivity index (χ2v) is 26.5. The van der Waals surface area contributed by atoms with E-state index in [1.807, 2.05) is 26.8 Å². The Kier molecular flexibility index (Phi) is 36.7. The maximum Gasteiger partial charge on any atom is 0.335 e. The van der Waals surface area contributed by atoms with E-state index in [4.69, 9.17) is 80.3 Å². The summed E-state index contributed by atoms with van der Waals surface area (Å²) in [7, 11) is 7.36. The van der Waals surface area contributed by atoms with Crippen LogP contribution in [-0.2, 0) is 33.7 Å². The molecule has 0 fully saturated rings. The largest absolute Gasteiger partial charge is 0.481 e. The highest BCUT2D eigenvalue weighted by molar-refractivity contribution is 8.26. The van der Waals surface area contributed by atoms with Crippen LogP contribution in [0.1, 0.15) is 163 Å². The number of benzene rings is 3. The van der Waals surface area contributed by atoms with Crippen molar-refractivity contribution in [1.29, 1.82) is 5.26 Å². The number of hydrogen-bond donors (Lipinski definition) is 6. The second-order valence-electron chi connectivity index (χ2n) is 22.8. The van der Waals surface area contributed by atoms with Crippen LogP contribution in [0.2, 0.25) is 15.1 Å². The van der Waals surface area contributed by atoms with Crippen molar-refractivity contribution in [3.8, 4) is 23.1 Å². The van der Waals surface area contributed by atoms with Gasteiger partial charge in [-0.15, -0.1) is 12.4 Å². The Balaban J connectivity index is 0.000000705. The molecule has 9 aromatic rings. The fourth-order valence-electron chi connectivity index (χ4n) is 12.8. The molecule has 12 rings (SSSR count). The Labute approximate surface area is 634 Å². The maximum absolute atomic E-state index is 13.4. The van der Waals surface area contributed by atoms with Gasteiger partial charge in [0.1, 0.15) is 16.6 Å². The van der Waals surface area contributed by atoms with Crippen LogP contribution in [-0.4, -0.2) is 123 Å². The molecule has 26 nitrogen and oxygen atoms in total. The number of aromatic nitrogens is 9. The van der Waals surface area contributed by atoms with Crippen LogP contribution in [0.5, 0.6) is 0 Å². The lowest BCUT2D eigenvalue weighted by Gasteiger charge is -2.36. The number of carboxylic acids is 2. The molecule has 0 saturated carbocycles. The third-order valence-electron chi connectivity index (χ3n) is 17.1. The molecule has 103 heavy (non-hydrogen) atoms. The number of nitriles is 1. The molecule has 0 aliphatic carbocycles. The summed E-state index contributed by atoms with van der Waals surface area (Å²) in [5, 5.41) is 45.0. The first kappa shape index (κ1) is 92.8. The predicted octanol–water partition coefficient (Wildman–Crippen LogP) is 15.2. The van der Waals surface area contributed by atoms with Crippen molar-refractivity contribution >= 4 is 146 Å². The van der Waals surface area contributed by atoms with E-state index >= 15 is 0 Å². The minimum Gasteiger partial charge on any atom is -0.481 e. The van der Waals surface area contributed by atoms with Crippen molar-refractivity contribution in [2.75, 3.05) is 34.3 Å². The van der Waals surface area contributed by atoms with Gasteiger partial charge < -0.3 is 41.1 Å². The standard InChI is InChI=1S/C21H25ClN6O2.C21H22ClN5O.C21H23ClN4O3.C2H4O2.5CH4.Cl2OS.ClH.H3NO/c1-4-14(5-2)26-8-9-27-18-17(26)10-12(3)24-20(18)28(21(27)29)16-7-6-13(11-15(16)22)19(23)25-30;1-4-15(5-2)25-8-9-26-19-18(25)10-13(3)24-20(19)27(21(26)28)17-7-6-14(12-23)11-16(17)22;1-4-14(5-2)24-8-9-25-18-17(24)10-12(3)23-19(18)26(21(25)29)16-7-6-13(20(27)28)11-15(16)22;1-2(3)4;;;;;;1-4(2)3;;1-2/h6-7,10-11,14,30H,4-5,8-9H2,1-3H3,(H2,23,25);6-7,10-11,15H,4-5,8-9H2,1-3H3;6-7,10-11,14H,4-5,8-9H2,1-3H3,(H,27,28);1H3,(H,3,4);5*1H4;;1H;2H,1H2. The van der Waals surface area contributed by atoms with Crippen molar-refractivity contribution in [3.05, 3.63) is 153 Å². The van der Waals surface area contributed by atoms with Gasteiger partial charge in [-0.25, -0.2) is 57.9 Å². The van der Waals surface area contributed by atoms with Gasteiger partial charge in [-0.2, -0.15) is 5.26 Å². The number of aryl methyl sites for hydroxylation is 3. The van der Waals surface area contributed by atoms with Crippen LogP contribution in [0.4, 0.5) is 17.1 Å². The fraction of sp³-hybridized carbons (Fsp3) is 0.429. The third kappa shape index (κ3) is 19.4. The zero-order chi connectivity index (χ0) is 71.6. The summed E-state index contributed by atoms with van der Waals surface area (Å²) < 4.78 is 19.0. The number of halogens is 6. The average molecular weight is 1570 g/mol. The molecule has 6 aromatic heterocycles.